The number of hydrogen-bond donors (Lipinski definition) is 1. The SMILES string of the molecule is CCCCC[C@@H](c1ccc(Cl)cc1C(F)(F)F)N1CCNCC1.Cl.Cl. The third kappa shape index (κ3) is 7.14. The van der Waals surface area contributed by atoms with Crippen LogP contribution in [0.3, 0.4) is 0 Å². The molecule has 1 fully saturated rings. The second kappa shape index (κ2) is 11.5. The van der Waals surface area contributed by atoms with Crippen molar-refractivity contribution >= 4 is 36.4 Å². The van der Waals surface area contributed by atoms with Crippen molar-refractivity contribution in [2.24, 2.45) is 0 Å². The van der Waals surface area contributed by atoms with Gasteiger partial charge in [-0.25, -0.2) is 0 Å². The summed E-state index contributed by atoms with van der Waals surface area (Å²) in [5.74, 6) is 0. The van der Waals surface area contributed by atoms with Crippen molar-refractivity contribution in [1.82, 2.24) is 10.2 Å². The minimum absolute atomic E-state index is 0. The van der Waals surface area contributed by atoms with Crippen LogP contribution < -0.4 is 5.32 Å². The zero-order chi connectivity index (χ0) is 16.9. The van der Waals surface area contributed by atoms with Crippen LogP contribution >= 0.6 is 36.4 Å². The lowest BCUT2D eigenvalue weighted by Gasteiger charge is -2.36. The number of piperazine rings is 1. The van der Waals surface area contributed by atoms with Crippen LogP contribution in [0.5, 0.6) is 0 Å². The predicted octanol–water partition coefficient (Wildman–Crippen LogP) is 5.73. The van der Waals surface area contributed by atoms with Gasteiger partial charge in [0.25, 0.3) is 0 Å². The van der Waals surface area contributed by atoms with Crippen LogP contribution in [0.2, 0.25) is 5.02 Å². The number of benzene rings is 1. The van der Waals surface area contributed by atoms with Crippen LogP contribution in [0.4, 0.5) is 13.2 Å². The molecule has 0 unspecified atom stereocenters. The van der Waals surface area contributed by atoms with Gasteiger partial charge >= 0.3 is 6.18 Å². The summed E-state index contributed by atoms with van der Waals surface area (Å²) in [6.45, 7) is 5.29. The lowest BCUT2D eigenvalue weighted by Crippen LogP contribution is -2.45. The minimum Gasteiger partial charge on any atom is -0.314 e. The molecule has 1 N–H and O–H groups in total. The van der Waals surface area contributed by atoms with Crippen molar-refractivity contribution in [2.45, 2.75) is 44.8 Å². The van der Waals surface area contributed by atoms with Gasteiger partial charge in [-0.2, -0.15) is 13.2 Å². The number of nitrogens with zero attached hydrogens (tertiary/aromatic N) is 1. The second-order valence-electron chi connectivity index (χ2n) is 6.03. The summed E-state index contributed by atoms with van der Waals surface area (Å²) in [6, 6.07) is 3.99. The van der Waals surface area contributed by atoms with E-state index >= 15 is 0 Å². The number of rotatable bonds is 6. The number of unbranched alkanes of at least 4 members (excludes halogenated alkanes) is 2. The van der Waals surface area contributed by atoms with E-state index < -0.39 is 11.7 Å². The first-order valence-electron chi connectivity index (χ1n) is 8.25. The zero-order valence-electron chi connectivity index (χ0n) is 14.2. The normalized spacial score (nSPS) is 16.7. The summed E-state index contributed by atoms with van der Waals surface area (Å²) in [7, 11) is 0. The van der Waals surface area contributed by atoms with Crippen LogP contribution in [0.1, 0.15) is 49.8 Å². The Balaban J connectivity index is 0.00000288. The molecule has 1 heterocycles. The first-order valence-corrected chi connectivity index (χ1v) is 8.62. The lowest BCUT2D eigenvalue weighted by molar-refractivity contribution is -0.138. The highest BCUT2D eigenvalue weighted by Crippen LogP contribution is 2.39. The quantitative estimate of drug-likeness (QED) is 0.590. The van der Waals surface area contributed by atoms with Gasteiger partial charge in [-0.3, -0.25) is 4.90 Å². The molecule has 1 aliphatic heterocycles. The third-order valence-electron chi connectivity index (χ3n) is 4.35. The number of alkyl halides is 3. The van der Waals surface area contributed by atoms with Gasteiger partial charge in [0.15, 0.2) is 0 Å². The van der Waals surface area contributed by atoms with E-state index in [1.165, 1.54) is 0 Å². The molecular formula is C17H26Cl3F3N2. The summed E-state index contributed by atoms with van der Waals surface area (Å²) in [4.78, 5) is 2.17. The third-order valence-corrected chi connectivity index (χ3v) is 4.59. The number of halogens is 6. The Bertz CT molecular complexity index is 506. The molecule has 1 atom stereocenters. The molecule has 0 radical (unpaired) electrons. The highest BCUT2D eigenvalue weighted by Gasteiger charge is 2.36. The zero-order valence-corrected chi connectivity index (χ0v) is 16.6. The highest BCUT2D eigenvalue weighted by atomic mass is 35.5. The van der Waals surface area contributed by atoms with Crippen molar-refractivity contribution in [1.29, 1.82) is 0 Å². The van der Waals surface area contributed by atoms with Gasteiger partial charge in [0.2, 0.25) is 0 Å². The summed E-state index contributed by atoms with van der Waals surface area (Å²) in [6.07, 6.45) is -0.598. The molecule has 0 aliphatic carbocycles. The molecule has 0 spiro atoms. The minimum atomic E-state index is -4.38. The van der Waals surface area contributed by atoms with E-state index in [4.69, 9.17) is 11.6 Å². The smallest absolute Gasteiger partial charge is 0.314 e. The van der Waals surface area contributed by atoms with Crippen LogP contribution in [-0.4, -0.2) is 31.1 Å². The molecule has 0 saturated carbocycles. The molecule has 2 rings (SSSR count). The Hall–Kier alpha value is -0.200. The topological polar surface area (TPSA) is 15.3 Å². The molecule has 146 valence electrons. The van der Waals surface area contributed by atoms with E-state index in [1.54, 1.807) is 12.1 Å². The average molecular weight is 422 g/mol. The van der Waals surface area contributed by atoms with Gasteiger partial charge in [-0.1, -0.05) is 43.9 Å². The summed E-state index contributed by atoms with van der Waals surface area (Å²) >= 11 is 5.82. The van der Waals surface area contributed by atoms with E-state index in [0.717, 1.165) is 57.9 Å². The van der Waals surface area contributed by atoms with Gasteiger partial charge in [0.05, 0.1) is 5.56 Å². The van der Waals surface area contributed by atoms with E-state index in [0.29, 0.717) is 5.56 Å². The van der Waals surface area contributed by atoms with Gasteiger partial charge in [0, 0.05) is 37.2 Å². The van der Waals surface area contributed by atoms with Crippen LogP contribution in [0.25, 0.3) is 0 Å². The fourth-order valence-electron chi connectivity index (χ4n) is 3.18. The molecule has 25 heavy (non-hydrogen) atoms. The van der Waals surface area contributed by atoms with Crippen LogP contribution in [-0.2, 0) is 6.18 Å². The molecule has 0 bridgehead atoms. The molecule has 0 aromatic heterocycles. The lowest BCUT2D eigenvalue weighted by atomic mass is 9.93. The molecule has 2 nitrogen and oxygen atoms in total. The maximum Gasteiger partial charge on any atom is 0.416 e. The first kappa shape index (κ1) is 24.8. The monoisotopic (exact) mass is 420 g/mol. The van der Waals surface area contributed by atoms with Crippen molar-refractivity contribution in [3.05, 3.63) is 34.3 Å². The fraction of sp³-hybridized carbons (Fsp3) is 0.647. The second-order valence-corrected chi connectivity index (χ2v) is 6.46. The molecule has 1 aliphatic rings. The maximum absolute atomic E-state index is 13.5. The van der Waals surface area contributed by atoms with Gasteiger partial charge in [0.1, 0.15) is 0 Å². The number of hydrogen-bond acceptors (Lipinski definition) is 2. The van der Waals surface area contributed by atoms with E-state index in [1.807, 2.05) is 0 Å². The Morgan fingerprint density at radius 1 is 1.16 bits per heavy atom. The fourth-order valence-corrected chi connectivity index (χ4v) is 3.35. The van der Waals surface area contributed by atoms with Gasteiger partial charge < -0.3 is 5.32 Å². The molecule has 0 amide bonds. The van der Waals surface area contributed by atoms with Crippen LogP contribution in [0.15, 0.2) is 18.2 Å². The van der Waals surface area contributed by atoms with Gasteiger partial charge in [-0.15, -0.1) is 24.8 Å². The van der Waals surface area contributed by atoms with Crippen molar-refractivity contribution in [3.8, 4) is 0 Å². The van der Waals surface area contributed by atoms with Crippen molar-refractivity contribution in [2.75, 3.05) is 26.2 Å². The van der Waals surface area contributed by atoms with Crippen molar-refractivity contribution in [3.63, 3.8) is 0 Å². The molecule has 8 heteroatoms. The summed E-state index contributed by atoms with van der Waals surface area (Å²) < 4.78 is 40.4. The van der Waals surface area contributed by atoms with Crippen molar-refractivity contribution < 1.29 is 13.2 Å². The average Bonchev–Trinajstić information content (AvgIpc) is 2.52. The Morgan fingerprint density at radius 2 is 1.80 bits per heavy atom. The highest BCUT2D eigenvalue weighted by molar-refractivity contribution is 6.30. The maximum atomic E-state index is 13.5. The summed E-state index contributed by atoms with van der Waals surface area (Å²) in [5, 5.41) is 3.39. The molecule has 1 aromatic rings. The molecule has 1 aromatic carbocycles. The van der Waals surface area contributed by atoms with Crippen LogP contribution in [0, 0.1) is 0 Å². The molecular weight excluding hydrogens is 396 g/mol. The number of nitrogens with one attached hydrogen (secondary N) is 1. The Morgan fingerprint density at radius 3 is 2.36 bits per heavy atom. The largest absolute Gasteiger partial charge is 0.416 e. The predicted molar refractivity (Wildman–Crippen MR) is 102 cm³/mol. The van der Waals surface area contributed by atoms with E-state index in [9.17, 15) is 13.2 Å². The van der Waals surface area contributed by atoms with Gasteiger partial charge in [-0.05, 0) is 24.1 Å². The Labute approximate surface area is 165 Å². The standard InChI is InChI=1S/C17H24ClF3N2.2ClH/c1-2-3-4-5-16(23-10-8-22-9-11-23)14-7-6-13(18)12-15(14)17(19,20)21;;/h6-7,12,16,22H,2-5,8-11H2,1H3;2*1H/t16-;;/m0../s1. The summed E-state index contributed by atoms with van der Waals surface area (Å²) in [5.41, 5.74) is -0.232. The molecule has 1 saturated heterocycles. The Kier molecular flexibility index (Phi) is 11.4. The van der Waals surface area contributed by atoms with E-state index in [-0.39, 0.29) is 35.9 Å². The first-order chi connectivity index (χ1) is 10.9. The van der Waals surface area contributed by atoms with E-state index in [2.05, 4.69) is 17.1 Å².